The Kier molecular flexibility index (Phi) is 4.72. The number of benzene rings is 2. The topological polar surface area (TPSA) is 62.7 Å². The largest absolute Gasteiger partial charge is 0.443 e. The van der Waals surface area contributed by atoms with E-state index in [-0.39, 0.29) is 0 Å². The molecule has 1 aliphatic rings. The predicted molar refractivity (Wildman–Crippen MR) is 102 cm³/mol. The molecule has 0 atom stereocenters. The maximum atomic E-state index is 11.7. The normalized spacial score (nSPS) is 13.4. The summed E-state index contributed by atoms with van der Waals surface area (Å²) in [5.74, 6) is 0. The minimum Gasteiger partial charge on any atom is -0.443 e. The first-order valence-electron chi connectivity index (χ1n) is 8.03. The van der Waals surface area contributed by atoms with Crippen molar-refractivity contribution >= 4 is 34.9 Å². The summed E-state index contributed by atoms with van der Waals surface area (Å²) in [4.78, 5) is 14.1. The second-order valence-corrected chi connectivity index (χ2v) is 7.83. The smallest absolute Gasteiger partial charge is 0.428 e. The molecular weight excluding hydrogens is 334 g/mol. The lowest BCUT2D eigenvalue weighted by atomic mass is 10.1. The Balaban J connectivity index is 1.74. The summed E-state index contributed by atoms with van der Waals surface area (Å²) in [5, 5.41) is 7.57. The molecule has 1 heterocycles. The van der Waals surface area contributed by atoms with Crippen LogP contribution in [0.5, 0.6) is 0 Å². The maximum Gasteiger partial charge on any atom is 0.428 e. The second kappa shape index (κ2) is 6.80. The highest BCUT2D eigenvalue weighted by Crippen LogP contribution is 2.44. The first-order chi connectivity index (χ1) is 11.8. The van der Waals surface area contributed by atoms with Crippen LogP contribution in [0.15, 0.2) is 57.4 Å². The molecule has 130 valence electrons. The van der Waals surface area contributed by atoms with Gasteiger partial charge in [0, 0.05) is 9.79 Å². The van der Waals surface area contributed by atoms with E-state index in [1.165, 1.54) is 4.90 Å². The Hall–Kier alpha value is -2.47. The number of ether oxygens (including phenoxy) is 1. The van der Waals surface area contributed by atoms with E-state index in [9.17, 15) is 4.79 Å². The molecule has 0 aromatic heterocycles. The molecular formula is C19H21N3O2S. The molecule has 1 aliphatic heterocycles. The highest BCUT2D eigenvalue weighted by molar-refractivity contribution is 7.99. The Bertz CT molecular complexity index is 841. The average molecular weight is 355 g/mol. The number of nitrogens with zero attached hydrogens (tertiary/aromatic N) is 1. The van der Waals surface area contributed by atoms with Crippen LogP contribution in [0.3, 0.4) is 0 Å². The average Bonchev–Trinajstić information content (AvgIpc) is 2.55. The van der Waals surface area contributed by atoms with Crippen molar-refractivity contribution in [3.05, 3.63) is 48.0 Å². The summed E-state index contributed by atoms with van der Waals surface area (Å²) in [5.41, 5.74) is 5.66. The highest BCUT2D eigenvalue weighted by Gasteiger charge is 2.17. The lowest BCUT2D eigenvalue weighted by molar-refractivity contribution is 0.0529. The van der Waals surface area contributed by atoms with Crippen molar-refractivity contribution in [1.29, 1.82) is 0 Å². The molecule has 0 saturated heterocycles. The fourth-order valence-electron chi connectivity index (χ4n) is 2.36. The lowest BCUT2D eigenvalue weighted by Crippen LogP contribution is -2.30. The Morgan fingerprint density at radius 3 is 2.60 bits per heavy atom. The van der Waals surface area contributed by atoms with E-state index in [1.54, 1.807) is 11.8 Å². The van der Waals surface area contributed by atoms with Crippen molar-refractivity contribution in [2.24, 2.45) is 5.10 Å². The highest BCUT2D eigenvalue weighted by atomic mass is 32.2. The number of para-hydroxylation sites is 1. The van der Waals surface area contributed by atoms with Gasteiger partial charge in [-0.15, -0.1) is 0 Å². The van der Waals surface area contributed by atoms with Crippen LogP contribution >= 0.6 is 11.8 Å². The van der Waals surface area contributed by atoms with Gasteiger partial charge in [0.15, 0.2) is 0 Å². The molecule has 2 N–H and O–H groups in total. The predicted octanol–water partition coefficient (Wildman–Crippen LogP) is 5.14. The molecule has 0 radical (unpaired) electrons. The summed E-state index contributed by atoms with van der Waals surface area (Å²) in [6.07, 6.45) is -0.563. The minimum atomic E-state index is -0.563. The number of carbonyl (C=O) groups is 1. The number of carbonyl (C=O) groups excluding carboxylic acids is 1. The van der Waals surface area contributed by atoms with E-state index < -0.39 is 11.7 Å². The van der Waals surface area contributed by atoms with Crippen molar-refractivity contribution in [3.63, 3.8) is 0 Å². The minimum absolute atomic E-state index is 0.548. The number of rotatable bonds is 2. The van der Waals surface area contributed by atoms with Crippen LogP contribution in [-0.4, -0.2) is 17.4 Å². The van der Waals surface area contributed by atoms with Crippen LogP contribution in [0, 0.1) is 0 Å². The van der Waals surface area contributed by atoms with Gasteiger partial charge in [-0.1, -0.05) is 30.0 Å². The van der Waals surface area contributed by atoms with Gasteiger partial charge in [0.1, 0.15) is 5.60 Å². The third-order valence-electron chi connectivity index (χ3n) is 3.49. The Morgan fingerprint density at radius 1 is 1.12 bits per heavy atom. The van der Waals surface area contributed by atoms with Gasteiger partial charge in [0.25, 0.3) is 0 Å². The van der Waals surface area contributed by atoms with Crippen molar-refractivity contribution < 1.29 is 9.53 Å². The van der Waals surface area contributed by atoms with Crippen LogP contribution in [-0.2, 0) is 4.74 Å². The fraction of sp³-hybridized carbons (Fsp3) is 0.263. The molecule has 0 saturated carbocycles. The monoisotopic (exact) mass is 355 g/mol. The first kappa shape index (κ1) is 17.4. The molecule has 0 bridgehead atoms. The van der Waals surface area contributed by atoms with E-state index in [0.29, 0.717) is 5.71 Å². The third kappa shape index (κ3) is 4.33. The molecule has 2 aromatic rings. The summed E-state index contributed by atoms with van der Waals surface area (Å²) < 4.78 is 5.18. The van der Waals surface area contributed by atoms with Gasteiger partial charge >= 0.3 is 6.09 Å². The van der Waals surface area contributed by atoms with Crippen molar-refractivity contribution in [2.75, 3.05) is 5.32 Å². The molecule has 0 unspecified atom stereocenters. The maximum absolute atomic E-state index is 11.7. The van der Waals surface area contributed by atoms with Gasteiger partial charge in [-0.05, 0) is 57.5 Å². The van der Waals surface area contributed by atoms with E-state index in [4.69, 9.17) is 4.74 Å². The molecule has 0 fully saturated rings. The van der Waals surface area contributed by atoms with Crippen molar-refractivity contribution in [1.82, 2.24) is 5.43 Å². The number of hydrogen-bond donors (Lipinski definition) is 2. The molecule has 2 aromatic carbocycles. The quantitative estimate of drug-likeness (QED) is 0.493. The summed E-state index contributed by atoms with van der Waals surface area (Å²) in [7, 11) is 0. The van der Waals surface area contributed by atoms with E-state index in [0.717, 1.165) is 21.8 Å². The zero-order valence-corrected chi connectivity index (χ0v) is 15.5. The first-order valence-corrected chi connectivity index (χ1v) is 8.85. The van der Waals surface area contributed by atoms with E-state index in [2.05, 4.69) is 34.0 Å². The van der Waals surface area contributed by atoms with E-state index >= 15 is 0 Å². The molecule has 1 amide bonds. The standard InChI is InChI=1S/C19H21N3O2S/c1-12(21-22-18(23)24-19(2,3)4)13-9-10-17-15(11-13)20-14-7-5-6-8-16(14)25-17/h5-11,20H,1-4H3,(H,22,23)/b21-12-. The lowest BCUT2D eigenvalue weighted by Gasteiger charge is -2.21. The van der Waals surface area contributed by atoms with Gasteiger partial charge < -0.3 is 10.1 Å². The van der Waals surface area contributed by atoms with Crippen LogP contribution in [0.4, 0.5) is 16.2 Å². The molecule has 0 spiro atoms. The van der Waals surface area contributed by atoms with Crippen molar-refractivity contribution in [2.45, 2.75) is 43.1 Å². The molecule has 5 nitrogen and oxygen atoms in total. The molecule has 0 aliphatic carbocycles. The zero-order valence-electron chi connectivity index (χ0n) is 14.7. The van der Waals surface area contributed by atoms with Crippen molar-refractivity contribution in [3.8, 4) is 0 Å². The SMILES string of the molecule is C/C(=N/NC(=O)OC(C)(C)C)c1ccc2c(c1)Nc1ccccc1S2. The number of amides is 1. The fourth-order valence-corrected chi connectivity index (χ4v) is 3.33. The van der Waals surface area contributed by atoms with Gasteiger partial charge in [-0.25, -0.2) is 10.2 Å². The summed E-state index contributed by atoms with van der Waals surface area (Å²) in [6, 6.07) is 14.3. The molecule has 25 heavy (non-hydrogen) atoms. The van der Waals surface area contributed by atoms with Crippen LogP contribution in [0.1, 0.15) is 33.3 Å². The number of anilines is 2. The number of hydrogen-bond acceptors (Lipinski definition) is 5. The van der Waals surface area contributed by atoms with Gasteiger partial charge in [0.2, 0.25) is 0 Å². The van der Waals surface area contributed by atoms with Gasteiger partial charge in [0.05, 0.1) is 17.1 Å². The summed E-state index contributed by atoms with van der Waals surface area (Å²) >= 11 is 1.74. The summed E-state index contributed by atoms with van der Waals surface area (Å²) in [6.45, 7) is 7.29. The second-order valence-electron chi connectivity index (χ2n) is 6.75. The van der Waals surface area contributed by atoms with Crippen LogP contribution in [0.25, 0.3) is 0 Å². The molecule has 6 heteroatoms. The van der Waals surface area contributed by atoms with Gasteiger partial charge in [-0.2, -0.15) is 5.10 Å². The Labute approximate surface area is 151 Å². The number of nitrogens with one attached hydrogen (secondary N) is 2. The van der Waals surface area contributed by atoms with Gasteiger partial charge in [-0.3, -0.25) is 0 Å². The number of fused-ring (bicyclic) bond motifs is 2. The number of hydrazone groups is 1. The Morgan fingerprint density at radius 2 is 1.84 bits per heavy atom. The third-order valence-corrected chi connectivity index (χ3v) is 4.64. The van der Waals surface area contributed by atoms with Crippen LogP contribution < -0.4 is 10.7 Å². The van der Waals surface area contributed by atoms with E-state index in [1.807, 2.05) is 52.0 Å². The molecule has 3 rings (SSSR count). The zero-order chi connectivity index (χ0) is 18.0. The van der Waals surface area contributed by atoms with Crippen LogP contribution in [0.2, 0.25) is 0 Å².